The number of H-pyrrole nitrogens is 1. The van der Waals surface area contributed by atoms with E-state index in [0.29, 0.717) is 18.0 Å². The van der Waals surface area contributed by atoms with Gasteiger partial charge in [-0.2, -0.15) is 4.31 Å². The molecule has 0 amide bonds. The number of benzene rings is 1. The number of pyridine rings is 1. The summed E-state index contributed by atoms with van der Waals surface area (Å²) >= 11 is 5.96. The molecule has 152 valence electrons. The molecule has 1 aliphatic rings. The first kappa shape index (κ1) is 21.0. The van der Waals surface area contributed by atoms with E-state index in [0.717, 1.165) is 43.6 Å². The molecule has 0 saturated carbocycles. The number of piperazine rings is 1. The number of hydrogen-bond acceptors (Lipinski definition) is 3. The topological polar surface area (TPSA) is 59.2 Å². The van der Waals surface area contributed by atoms with Gasteiger partial charge < -0.3 is 4.90 Å². The van der Waals surface area contributed by atoms with Crippen LogP contribution in [0.4, 0.5) is 5.82 Å². The van der Waals surface area contributed by atoms with Gasteiger partial charge in [-0.3, -0.25) is 4.90 Å². The highest BCUT2D eigenvalue weighted by atomic mass is 35.5. The summed E-state index contributed by atoms with van der Waals surface area (Å²) in [5.74, 6) is 0.962. The second-order valence-corrected chi connectivity index (χ2v) is 9.41. The third-order valence-corrected chi connectivity index (χ3v) is 7.59. The maximum absolute atomic E-state index is 12.6. The summed E-state index contributed by atoms with van der Waals surface area (Å²) in [4.78, 5) is 7.31. The van der Waals surface area contributed by atoms with Crippen LogP contribution in [0.25, 0.3) is 0 Å². The van der Waals surface area contributed by atoms with Crippen molar-refractivity contribution in [3.8, 4) is 0 Å². The minimum atomic E-state index is -3.43. The minimum Gasteiger partial charge on any atom is -0.325 e. The van der Waals surface area contributed by atoms with Crippen molar-refractivity contribution in [1.82, 2.24) is 4.31 Å². The third-order valence-electron chi connectivity index (χ3n) is 5.29. The number of hydrogen-bond donors (Lipinski definition) is 1. The first-order valence-corrected chi connectivity index (χ1v) is 11.6. The summed E-state index contributed by atoms with van der Waals surface area (Å²) in [5.41, 5.74) is 1.30. The Balaban J connectivity index is 1.59. The number of rotatable bonds is 7. The quantitative estimate of drug-likeness (QED) is 0.723. The van der Waals surface area contributed by atoms with Crippen LogP contribution in [0.15, 0.2) is 47.5 Å². The Kier molecular flexibility index (Phi) is 6.93. The lowest BCUT2D eigenvalue weighted by Crippen LogP contribution is -3.13. The highest BCUT2D eigenvalue weighted by Gasteiger charge is 2.28. The van der Waals surface area contributed by atoms with Crippen molar-refractivity contribution in [2.45, 2.75) is 25.3 Å². The fourth-order valence-corrected chi connectivity index (χ4v) is 5.16. The zero-order valence-corrected chi connectivity index (χ0v) is 18.1. The van der Waals surface area contributed by atoms with Gasteiger partial charge in [-0.15, -0.1) is 0 Å². The molecule has 0 aliphatic carbocycles. The molecular weight excluding hydrogens is 396 g/mol. The highest BCUT2D eigenvalue weighted by Crippen LogP contribution is 2.16. The number of nitrogens with zero attached hydrogens (tertiary/aromatic N) is 2. The standard InChI is InChI=1S/C20H27ClN4O2S/c1-3-25(4-2)28(26,27)19-9-10-20(22-15-19)24-13-11-23(12-14-24)16-17-5-7-18(21)8-6-17/h5-10,15H,3-4,11-14,16H2,1-2H3/p+2. The van der Waals surface area contributed by atoms with Crippen LogP contribution >= 0.6 is 11.6 Å². The summed E-state index contributed by atoms with van der Waals surface area (Å²) < 4.78 is 26.7. The fourth-order valence-electron chi connectivity index (χ4n) is 3.60. The van der Waals surface area contributed by atoms with Crippen LogP contribution in [0.1, 0.15) is 19.4 Å². The molecule has 3 rings (SSSR count). The van der Waals surface area contributed by atoms with E-state index in [1.165, 1.54) is 9.87 Å². The zero-order chi connectivity index (χ0) is 20.1. The first-order valence-electron chi connectivity index (χ1n) is 9.79. The summed E-state index contributed by atoms with van der Waals surface area (Å²) in [6, 6.07) is 11.6. The first-order chi connectivity index (χ1) is 13.4. The molecule has 0 radical (unpaired) electrons. The summed E-state index contributed by atoms with van der Waals surface area (Å²) in [5, 5.41) is 0.769. The van der Waals surface area contributed by atoms with Crippen molar-refractivity contribution in [2.24, 2.45) is 0 Å². The molecule has 0 spiro atoms. The van der Waals surface area contributed by atoms with Gasteiger partial charge in [0.1, 0.15) is 43.8 Å². The molecule has 1 aromatic carbocycles. The van der Waals surface area contributed by atoms with Crippen LogP contribution in [-0.2, 0) is 16.6 Å². The lowest BCUT2D eigenvalue weighted by Gasteiger charge is -2.28. The number of aromatic amines is 1. The molecule has 1 aromatic heterocycles. The normalized spacial score (nSPS) is 15.9. The van der Waals surface area contributed by atoms with Crippen molar-refractivity contribution in [1.29, 1.82) is 0 Å². The molecule has 1 aliphatic heterocycles. The van der Waals surface area contributed by atoms with E-state index < -0.39 is 10.0 Å². The van der Waals surface area contributed by atoms with Gasteiger partial charge in [-0.05, 0) is 18.2 Å². The maximum atomic E-state index is 12.6. The van der Waals surface area contributed by atoms with Gasteiger partial charge in [0.15, 0.2) is 0 Å². The van der Waals surface area contributed by atoms with E-state index in [1.807, 2.05) is 32.0 Å². The fraction of sp³-hybridized carbons (Fsp3) is 0.450. The predicted molar refractivity (Wildman–Crippen MR) is 111 cm³/mol. The Morgan fingerprint density at radius 2 is 1.71 bits per heavy atom. The van der Waals surface area contributed by atoms with Gasteiger partial charge in [0, 0.05) is 29.7 Å². The van der Waals surface area contributed by atoms with Crippen LogP contribution in [0.3, 0.4) is 0 Å². The summed E-state index contributed by atoms with van der Waals surface area (Å²) in [7, 11) is -3.43. The van der Waals surface area contributed by atoms with E-state index in [1.54, 1.807) is 17.2 Å². The lowest BCUT2D eigenvalue weighted by atomic mass is 10.2. The van der Waals surface area contributed by atoms with Gasteiger partial charge >= 0.3 is 0 Å². The number of aromatic nitrogens is 1. The molecule has 6 nitrogen and oxygen atoms in total. The second-order valence-electron chi connectivity index (χ2n) is 7.04. The Labute approximate surface area is 172 Å². The number of halogens is 1. The molecule has 0 bridgehead atoms. The van der Waals surface area contributed by atoms with Gasteiger partial charge in [-0.1, -0.05) is 37.6 Å². The Morgan fingerprint density at radius 3 is 2.25 bits per heavy atom. The van der Waals surface area contributed by atoms with Crippen LogP contribution < -0.4 is 14.8 Å². The molecule has 0 unspecified atom stereocenters. The average molecular weight is 425 g/mol. The minimum absolute atomic E-state index is 0.312. The smallest absolute Gasteiger partial charge is 0.274 e. The second kappa shape index (κ2) is 9.22. The van der Waals surface area contributed by atoms with Crippen molar-refractivity contribution in [3.63, 3.8) is 0 Å². The van der Waals surface area contributed by atoms with Crippen LogP contribution in [-0.4, -0.2) is 52.0 Å². The van der Waals surface area contributed by atoms with Crippen molar-refractivity contribution in [2.75, 3.05) is 44.2 Å². The predicted octanol–water partition coefficient (Wildman–Crippen LogP) is 1.09. The van der Waals surface area contributed by atoms with Crippen molar-refractivity contribution < 1.29 is 18.3 Å². The van der Waals surface area contributed by atoms with E-state index in [-0.39, 0.29) is 0 Å². The van der Waals surface area contributed by atoms with Crippen molar-refractivity contribution >= 4 is 27.4 Å². The molecule has 8 heteroatoms. The lowest BCUT2D eigenvalue weighted by molar-refractivity contribution is -0.914. The molecule has 2 N–H and O–H groups in total. The summed E-state index contributed by atoms with van der Waals surface area (Å²) in [6.07, 6.45) is 1.61. The van der Waals surface area contributed by atoms with Crippen molar-refractivity contribution in [3.05, 3.63) is 53.2 Å². The number of anilines is 1. The zero-order valence-electron chi connectivity index (χ0n) is 16.5. The number of quaternary nitrogens is 1. The van der Waals surface area contributed by atoms with Crippen LogP contribution in [0.2, 0.25) is 5.02 Å². The van der Waals surface area contributed by atoms with Gasteiger partial charge in [0.25, 0.3) is 5.82 Å². The highest BCUT2D eigenvalue weighted by molar-refractivity contribution is 7.89. The summed E-state index contributed by atoms with van der Waals surface area (Å²) in [6.45, 7) is 9.58. The Bertz CT molecular complexity index is 860. The van der Waals surface area contributed by atoms with Gasteiger partial charge in [0.05, 0.1) is 0 Å². The average Bonchev–Trinajstić information content (AvgIpc) is 2.71. The van der Waals surface area contributed by atoms with Crippen LogP contribution in [0, 0.1) is 0 Å². The maximum Gasteiger partial charge on any atom is 0.274 e. The molecule has 28 heavy (non-hydrogen) atoms. The largest absolute Gasteiger partial charge is 0.325 e. The van der Waals surface area contributed by atoms with E-state index >= 15 is 0 Å². The molecule has 1 fully saturated rings. The monoisotopic (exact) mass is 424 g/mol. The SMILES string of the molecule is CCN(CC)S(=O)(=O)c1ccc(N2CC[NH+](Cc3ccc(Cl)cc3)CC2)[nH+]c1. The molecular formula is C20H29ClN4O2S+2. The Hall–Kier alpha value is -1.67. The van der Waals surface area contributed by atoms with E-state index in [4.69, 9.17) is 11.6 Å². The van der Waals surface area contributed by atoms with Gasteiger partial charge in [-0.25, -0.2) is 13.4 Å². The number of nitrogens with one attached hydrogen (secondary N) is 2. The van der Waals surface area contributed by atoms with E-state index in [9.17, 15) is 8.42 Å². The molecule has 1 saturated heterocycles. The van der Waals surface area contributed by atoms with E-state index in [2.05, 4.69) is 22.0 Å². The Morgan fingerprint density at radius 1 is 1.07 bits per heavy atom. The molecule has 2 heterocycles. The molecule has 2 aromatic rings. The molecule has 0 atom stereocenters. The third kappa shape index (κ3) is 4.84. The number of sulfonamides is 1. The van der Waals surface area contributed by atoms with Crippen LogP contribution in [0.5, 0.6) is 0 Å². The van der Waals surface area contributed by atoms with Gasteiger partial charge in [0.2, 0.25) is 10.0 Å².